The molecule has 0 saturated carbocycles. The number of aromatic nitrogens is 3. The van der Waals surface area contributed by atoms with E-state index in [1.807, 2.05) is 0 Å². The highest BCUT2D eigenvalue weighted by molar-refractivity contribution is 5.49. The molecule has 0 amide bonds. The number of nitrogens with zero attached hydrogens (tertiary/aromatic N) is 4. The summed E-state index contributed by atoms with van der Waals surface area (Å²) in [5.74, 6) is 0. The minimum absolute atomic E-state index is 0.604. The zero-order chi connectivity index (χ0) is 14.2. The minimum Gasteiger partial charge on any atom is -0.382 e. The second-order valence-electron chi connectivity index (χ2n) is 6.23. The second-order valence-corrected chi connectivity index (χ2v) is 6.23. The molecule has 2 atom stereocenters. The molecule has 4 rings (SSSR count). The van der Waals surface area contributed by atoms with Crippen molar-refractivity contribution < 1.29 is 0 Å². The van der Waals surface area contributed by atoms with Crippen LogP contribution < -0.4 is 5.32 Å². The fraction of sp³-hybridized carbons (Fsp3) is 0.500. The van der Waals surface area contributed by atoms with Crippen molar-refractivity contribution in [3.63, 3.8) is 0 Å². The SMILES string of the molecule is CN1C2CCC1CC(Nc1ccc(-n3nccn3)cc1)C2. The van der Waals surface area contributed by atoms with E-state index in [1.165, 1.54) is 31.4 Å². The molecular weight excluding hydrogens is 262 g/mol. The molecule has 2 bridgehead atoms. The topological polar surface area (TPSA) is 46.0 Å². The number of hydrogen-bond acceptors (Lipinski definition) is 4. The molecule has 2 unspecified atom stereocenters. The fourth-order valence-electron chi connectivity index (χ4n) is 3.81. The highest BCUT2D eigenvalue weighted by Crippen LogP contribution is 2.35. The maximum absolute atomic E-state index is 4.15. The summed E-state index contributed by atoms with van der Waals surface area (Å²) in [5, 5.41) is 12.0. The Balaban J connectivity index is 1.44. The van der Waals surface area contributed by atoms with Gasteiger partial charge in [0.2, 0.25) is 0 Å². The molecule has 5 nitrogen and oxygen atoms in total. The molecule has 1 N–H and O–H groups in total. The normalized spacial score (nSPS) is 28.7. The van der Waals surface area contributed by atoms with E-state index in [1.54, 1.807) is 17.2 Å². The molecule has 1 aromatic heterocycles. The Morgan fingerprint density at radius 3 is 2.24 bits per heavy atom. The summed E-state index contributed by atoms with van der Waals surface area (Å²) >= 11 is 0. The molecule has 0 radical (unpaired) electrons. The van der Waals surface area contributed by atoms with Crippen LogP contribution in [0, 0.1) is 0 Å². The van der Waals surface area contributed by atoms with Crippen molar-refractivity contribution >= 4 is 5.69 Å². The van der Waals surface area contributed by atoms with Crippen LogP contribution in [0.3, 0.4) is 0 Å². The van der Waals surface area contributed by atoms with Crippen LogP contribution in [-0.4, -0.2) is 45.1 Å². The van der Waals surface area contributed by atoms with E-state index < -0.39 is 0 Å². The van der Waals surface area contributed by atoms with E-state index in [-0.39, 0.29) is 0 Å². The number of nitrogens with one attached hydrogen (secondary N) is 1. The Morgan fingerprint density at radius 1 is 1.00 bits per heavy atom. The first-order valence-corrected chi connectivity index (χ1v) is 7.75. The number of benzene rings is 1. The highest BCUT2D eigenvalue weighted by Gasteiger charge is 2.38. The van der Waals surface area contributed by atoms with E-state index in [0.717, 1.165) is 17.8 Å². The smallest absolute Gasteiger partial charge is 0.0858 e. The van der Waals surface area contributed by atoms with Gasteiger partial charge < -0.3 is 10.2 Å². The standard InChI is InChI=1S/C16H21N5/c1-20-15-6-7-16(20)11-13(10-15)19-12-2-4-14(5-3-12)21-17-8-9-18-21/h2-5,8-9,13,15-16,19H,6-7,10-11H2,1H3. The third-order valence-electron chi connectivity index (χ3n) is 4.99. The Bertz CT molecular complexity index is 578. The largest absolute Gasteiger partial charge is 0.382 e. The molecule has 2 saturated heterocycles. The molecule has 2 aliphatic rings. The molecule has 5 heteroatoms. The van der Waals surface area contributed by atoms with Crippen molar-refractivity contribution in [1.82, 2.24) is 19.9 Å². The summed E-state index contributed by atoms with van der Waals surface area (Å²) in [5.41, 5.74) is 2.19. The quantitative estimate of drug-likeness (QED) is 0.939. The lowest BCUT2D eigenvalue weighted by Crippen LogP contribution is -2.44. The van der Waals surface area contributed by atoms with Crippen LogP contribution in [0.5, 0.6) is 0 Å². The van der Waals surface area contributed by atoms with Gasteiger partial charge in [0.05, 0.1) is 18.1 Å². The van der Waals surface area contributed by atoms with Crippen molar-refractivity contribution in [2.75, 3.05) is 12.4 Å². The van der Waals surface area contributed by atoms with Crippen LogP contribution in [0.4, 0.5) is 5.69 Å². The Hall–Kier alpha value is -1.88. The lowest BCUT2D eigenvalue weighted by Gasteiger charge is -2.37. The molecule has 0 spiro atoms. The van der Waals surface area contributed by atoms with Crippen LogP contribution in [-0.2, 0) is 0 Å². The molecular formula is C16H21N5. The van der Waals surface area contributed by atoms with E-state index in [0.29, 0.717) is 6.04 Å². The monoisotopic (exact) mass is 283 g/mol. The number of hydrogen-bond donors (Lipinski definition) is 1. The van der Waals surface area contributed by atoms with Gasteiger partial charge in [0.1, 0.15) is 0 Å². The highest BCUT2D eigenvalue weighted by atomic mass is 15.5. The average molecular weight is 283 g/mol. The van der Waals surface area contributed by atoms with Gasteiger partial charge in [-0.05, 0) is 57.0 Å². The fourth-order valence-corrected chi connectivity index (χ4v) is 3.81. The molecule has 3 heterocycles. The average Bonchev–Trinajstić information content (AvgIpc) is 3.08. The molecule has 0 aliphatic carbocycles. The maximum atomic E-state index is 4.15. The number of piperidine rings is 1. The first kappa shape index (κ1) is 12.8. The maximum Gasteiger partial charge on any atom is 0.0858 e. The zero-order valence-electron chi connectivity index (χ0n) is 12.3. The van der Waals surface area contributed by atoms with E-state index >= 15 is 0 Å². The van der Waals surface area contributed by atoms with Crippen molar-refractivity contribution in [3.8, 4) is 5.69 Å². The molecule has 1 aromatic carbocycles. The van der Waals surface area contributed by atoms with Crippen LogP contribution in [0.15, 0.2) is 36.7 Å². The van der Waals surface area contributed by atoms with Crippen LogP contribution in [0.25, 0.3) is 5.69 Å². The van der Waals surface area contributed by atoms with E-state index in [2.05, 4.69) is 51.7 Å². The zero-order valence-corrected chi connectivity index (χ0v) is 12.3. The van der Waals surface area contributed by atoms with Crippen molar-refractivity contribution in [2.45, 2.75) is 43.8 Å². The molecule has 2 fully saturated rings. The van der Waals surface area contributed by atoms with Gasteiger partial charge in [0.25, 0.3) is 0 Å². The molecule has 21 heavy (non-hydrogen) atoms. The predicted molar refractivity (Wildman–Crippen MR) is 82.6 cm³/mol. The van der Waals surface area contributed by atoms with Crippen molar-refractivity contribution in [1.29, 1.82) is 0 Å². The summed E-state index contributed by atoms with van der Waals surface area (Å²) < 4.78 is 0. The molecule has 2 aliphatic heterocycles. The van der Waals surface area contributed by atoms with Gasteiger partial charge in [0, 0.05) is 23.8 Å². The van der Waals surface area contributed by atoms with Crippen LogP contribution in [0.2, 0.25) is 0 Å². The van der Waals surface area contributed by atoms with Crippen LogP contribution >= 0.6 is 0 Å². The lowest BCUT2D eigenvalue weighted by atomic mass is 9.98. The summed E-state index contributed by atoms with van der Waals surface area (Å²) in [6.07, 6.45) is 8.64. The molecule has 110 valence electrons. The summed E-state index contributed by atoms with van der Waals surface area (Å²) in [7, 11) is 2.28. The van der Waals surface area contributed by atoms with E-state index in [9.17, 15) is 0 Å². The molecule has 2 aromatic rings. The summed E-state index contributed by atoms with van der Waals surface area (Å²) in [6.45, 7) is 0. The van der Waals surface area contributed by atoms with Gasteiger partial charge in [-0.25, -0.2) is 0 Å². The first-order valence-electron chi connectivity index (χ1n) is 7.75. The second kappa shape index (κ2) is 5.15. The first-order chi connectivity index (χ1) is 10.3. The van der Waals surface area contributed by atoms with Gasteiger partial charge in [-0.3, -0.25) is 0 Å². The Labute approximate surface area is 125 Å². The Kier molecular flexibility index (Phi) is 3.15. The number of anilines is 1. The van der Waals surface area contributed by atoms with Crippen molar-refractivity contribution in [2.24, 2.45) is 0 Å². The third-order valence-corrected chi connectivity index (χ3v) is 4.99. The van der Waals surface area contributed by atoms with Gasteiger partial charge in [-0.2, -0.15) is 15.0 Å². The van der Waals surface area contributed by atoms with E-state index in [4.69, 9.17) is 0 Å². The van der Waals surface area contributed by atoms with Gasteiger partial charge >= 0.3 is 0 Å². The summed E-state index contributed by atoms with van der Waals surface area (Å²) in [4.78, 5) is 4.21. The predicted octanol–water partition coefficient (Wildman–Crippen LogP) is 2.30. The number of rotatable bonds is 3. The third kappa shape index (κ3) is 2.42. The van der Waals surface area contributed by atoms with Gasteiger partial charge in [0.15, 0.2) is 0 Å². The Morgan fingerprint density at radius 2 is 1.62 bits per heavy atom. The van der Waals surface area contributed by atoms with Gasteiger partial charge in [-0.15, -0.1) is 0 Å². The minimum atomic E-state index is 0.604. The van der Waals surface area contributed by atoms with Crippen LogP contribution in [0.1, 0.15) is 25.7 Å². The van der Waals surface area contributed by atoms with Gasteiger partial charge in [-0.1, -0.05) is 0 Å². The van der Waals surface area contributed by atoms with Crippen molar-refractivity contribution in [3.05, 3.63) is 36.7 Å². The summed E-state index contributed by atoms with van der Waals surface area (Å²) in [6, 6.07) is 10.5. The number of fused-ring (bicyclic) bond motifs is 2. The lowest BCUT2D eigenvalue weighted by molar-refractivity contribution is 0.169.